The van der Waals surface area contributed by atoms with Gasteiger partial charge in [-0.1, -0.05) is 25.6 Å². The minimum atomic E-state index is -0.496. The Hall–Kier alpha value is -1.77. The maximum absolute atomic E-state index is 11.7. The molecule has 0 aliphatic heterocycles. The second-order valence-corrected chi connectivity index (χ2v) is 6.73. The molecule has 1 aromatic rings. The van der Waals surface area contributed by atoms with E-state index in [1.807, 2.05) is 6.26 Å². The van der Waals surface area contributed by atoms with Crippen molar-refractivity contribution in [2.24, 2.45) is 5.92 Å². The molecule has 142 valence electrons. The summed E-state index contributed by atoms with van der Waals surface area (Å²) in [6.07, 6.45) is 3.29. The Morgan fingerprint density at radius 3 is 2.64 bits per heavy atom. The topological polar surface area (TPSA) is 98.1 Å². The van der Waals surface area contributed by atoms with E-state index in [0.717, 1.165) is 30.4 Å². The average molecular weight is 372 g/mol. The molecule has 0 radical (unpaired) electrons. The minimum absolute atomic E-state index is 0.0924. The summed E-state index contributed by atoms with van der Waals surface area (Å²) in [5.74, 6) is 1.38. The average Bonchev–Trinajstić information content (AvgIpc) is 2.93. The quantitative estimate of drug-likeness (QED) is 0.455. The largest absolute Gasteiger partial charge is 0.450 e. The van der Waals surface area contributed by atoms with Crippen LogP contribution in [0.3, 0.4) is 0 Å². The normalized spacial score (nSPS) is 10.8. The lowest BCUT2D eigenvalue weighted by atomic mass is 10.2. The number of alkyl carbamates (subject to hydrolysis) is 1. The number of amides is 2. The molecule has 1 rings (SSSR count). The van der Waals surface area contributed by atoms with Crippen molar-refractivity contribution in [2.75, 3.05) is 26.0 Å². The van der Waals surface area contributed by atoms with E-state index in [1.165, 1.54) is 0 Å². The molecule has 1 heterocycles. The van der Waals surface area contributed by atoms with E-state index in [0.29, 0.717) is 19.1 Å². The van der Waals surface area contributed by atoms with Gasteiger partial charge in [-0.15, -0.1) is 10.2 Å². The van der Waals surface area contributed by atoms with Crippen LogP contribution in [-0.2, 0) is 22.5 Å². The fraction of sp³-hybridized carbons (Fsp3) is 0.750. The zero-order chi connectivity index (χ0) is 18.7. The van der Waals surface area contributed by atoms with Crippen molar-refractivity contribution in [3.63, 3.8) is 0 Å². The SMILES string of the molecule is CCOC(=O)NCCC(=O)NCCCc1nnc(SC)n1CC(C)C. The summed E-state index contributed by atoms with van der Waals surface area (Å²) in [5, 5.41) is 14.8. The molecule has 2 N–H and O–H groups in total. The van der Waals surface area contributed by atoms with Crippen LogP contribution in [0.25, 0.3) is 0 Å². The maximum atomic E-state index is 11.7. The van der Waals surface area contributed by atoms with Crippen LogP contribution in [0.1, 0.15) is 39.4 Å². The standard InChI is InChI=1S/C16H29N5O3S/c1-5-24-16(23)18-10-8-14(22)17-9-6-7-13-19-20-15(25-4)21(13)11-12(2)3/h12H,5-11H2,1-4H3,(H,17,22)(H,18,23). The van der Waals surface area contributed by atoms with Crippen molar-refractivity contribution >= 4 is 23.8 Å². The first-order valence-corrected chi connectivity index (χ1v) is 9.83. The van der Waals surface area contributed by atoms with Crippen LogP contribution in [-0.4, -0.2) is 52.7 Å². The zero-order valence-electron chi connectivity index (χ0n) is 15.5. The first-order chi connectivity index (χ1) is 12.0. The fourth-order valence-corrected chi connectivity index (χ4v) is 2.75. The van der Waals surface area contributed by atoms with Gasteiger partial charge in [-0.3, -0.25) is 4.79 Å². The molecule has 0 saturated carbocycles. The molecule has 0 spiro atoms. The van der Waals surface area contributed by atoms with Gasteiger partial charge in [0.25, 0.3) is 0 Å². The monoisotopic (exact) mass is 371 g/mol. The molecule has 0 atom stereocenters. The second kappa shape index (κ2) is 11.7. The summed E-state index contributed by atoms with van der Waals surface area (Å²) in [6, 6.07) is 0. The van der Waals surface area contributed by atoms with Gasteiger partial charge in [-0.05, 0) is 25.5 Å². The number of nitrogens with one attached hydrogen (secondary N) is 2. The Balaban J connectivity index is 2.28. The number of carbonyl (C=O) groups is 2. The van der Waals surface area contributed by atoms with Gasteiger partial charge in [-0.2, -0.15) is 0 Å². The van der Waals surface area contributed by atoms with Crippen LogP contribution in [0.5, 0.6) is 0 Å². The van der Waals surface area contributed by atoms with E-state index in [1.54, 1.807) is 18.7 Å². The number of thioether (sulfide) groups is 1. The molecule has 0 saturated heterocycles. The van der Waals surface area contributed by atoms with Gasteiger partial charge in [0.2, 0.25) is 5.91 Å². The van der Waals surface area contributed by atoms with Gasteiger partial charge in [0.05, 0.1) is 6.61 Å². The number of hydrogen-bond acceptors (Lipinski definition) is 6. The van der Waals surface area contributed by atoms with Crippen molar-refractivity contribution in [3.05, 3.63) is 5.82 Å². The number of rotatable bonds is 11. The molecule has 1 aromatic heterocycles. The third-order valence-electron chi connectivity index (χ3n) is 3.32. The molecule has 0 aliphatic rings. The second-order valence-electron chi connectivity index (χ2n) is 5.96. The Bertz CT molecular complexity index is 548. The van der Waals surface area contributed by atoms with E-state index in [9.17, 15) is 9.59 Å². The summed E-state index contributed by atoms with van der Waals surface area (Å²) < 4.78 is 6.88. The van der Waals surface area contributed by atoms with E-state index in [4.69, 9.17) is 4.74 Å². The Morgan fingerprint density at radius 2 is 2.00 bits per heavy atom. The molecule has 25 heavy (non-hydrogen) atoms. The van der Waals surface area contributed by atoms with Crippen LogP contribution in [0.2, 0.25) is 0 Å². The number of carbonyl (C=O) groups excluding carboxylic acids is 2. The number of aryl methyl sites for hydroxylation is 1. The minimum Gasteiger partial charge on any atom is -0.450 e. The molecule has 0 bridgehead atoms. The first kappa shape index (κ1) is 21.3. The lowest BCUT2D eigenvalue weighted by Crippen LogP contribution is -2.31. The molecule has 8 nitrogen and oxygen atoms in total. The number of nitrogens with zero attached hydrogens (tertiary/aromatic N) is 3. The third-order valence-corrected chi connectivity index (χ3v) is 3.99. The van der Waals surface area contributed by atoms with E-state index in [2.05, 4.69) is 39.2 Å². The lowest BCUT2D eigenvalue weighted by molar-refractivity contribution is -0.120. The smallest absolute Gasteiger partial charge is 0.407 e. The third kappa shape index (κ3) is 8.24. The summed E-state index contributed by atoms with van der Waals surface area (Å²) in [4.78, 5) is 22.8. The summed E-state index contributed by atoms with van der Waals surface area (Å²) in [5.41, 5.74) is 0. The summed E-state index contributed by atoms with van der Waals surface area (Å²) in [6.45, 7) is 8.11. The van der Waals surface area contributed by atoms with Crippen molar-refractivity contribution in [2.45, 2.75) is 51.7 Å². The summed E-state index contributed by atoms with van der Waals surface area (Å²) >= 11 is 1.59. The van der Waals surface area contributed by atoms with E-state index >= 15 is 0 Å². The molecule has 0 fully saturated rings. The Kier molecular flexibility index (Phi) is 9.98. The maximum Gasteiger partial charge on any atom is 0.407 e. The number of hydrogen-bond donors (Lipinski definition) is 2. The van der Waals surface area contributed by atoms with Gasteiger partial charge < -0.3 is 19.9 Å². The summed E-state index contributed by atoms with van der Waals surface area (Å²) in [7, 11) is 0. The number of ether oxygens (including phenoxy) is 1. The highest BCUT2D eigenvalue weighted by atomic mass is 32.2. The highest BCUT2D eigenvalue weighted by Gasteiger charge is 2.12. The van der Waals surface area contributed by atoms with Gasteiger partial charge in [0.15, 0.2) is 5.16 Å². The molecule has 0 aliphatic carbocycles. The molecule has 9 heteroatoms. The fourth-order valence-electron chi connectivity index (χ4n) is 2.23. The molecule has 2 amide bonds. The van der Waals surface area contributed by atoms with Crippen LogP contribution in [0.15, 0.2) is 5.16 Å². The van der Waals surface area contributed by atoms with E-state index in [-0.39, 0.29) is 18.9 Å². The van der Waals surface area contributed by atoms with Crippen molar-refractivity contribution in [1.82, 2.24) is 25.4 Å². The molecular weight excluding hydrogens is 342 g/mol. The highest BCUT2D eigenvalue weighted by molar-refractivity contribution is 7.98. The number of aromatic nitrogens is 3. The van der Waals surface area contributed by atoms with Crippen LogP contribution in [0.4, 0.5) is 4.79 Å². The van der Waals surface area contributed by atoms with Crippen molar-refractivity contribution in [3.8, 4) is 0 Å². The van der Waals surface area contributed by atoms with Gasteiger partial charge in [-0.25, -0.2) is 4.79 Å². The highest BCUT2D eigenvalue weighted by Crippen LogP contribution is 2.16. The molecule has 0 unspecified atom stereocenters. The lowest BCUT2D eigenvalue weighted by Gasteiger charge is -2.11. The Labute approximate surface area is 153 Å². The van der Waals surface area contributed by atoms with Gasteiger partial charge in [0, 0.05) is 32.5 Å². The van der Waals surface area contributed by atoms with E-state index < -0.39 is 6.09 Å². The van der Waals surface area contributed by atoms with Gasteiger partial charge in [0.1, 0.15) is 5.82 Å². The predicted octanol–water partition coefficient (Wildman–Crippen LogP) is 1.84. The van der Waals surface area contributed by atoms with Crippen molar-refractivity contribution < 1.29 is 14.3 Å². The first-order valence-electron chi connectivity index (χ1n) is 8.61. The molecule has 0 aromatic carbocycles. The Morgan fingerprint density at radius 1 is 1.24 bits per heavy atom. The van der Waals surface area contributed by atoms with Crippen LogP contribution >= 0.6 is 11.8 Å². The zero-order valence-corrected chi connectivity index (χ0v) is 16.3. The predicted molar refractivity (Wildman–Crippen MR) is 97.6 cm³/mol. The molecular formula is C16H29N5O3S. The van der Waals surface area contributed by atoms with Crippen molar-refractivity contribution in [1.29, 1.82) is 0 Å². The van der Waals surface area contributed by atoms with Gasteiger partial charge >= 0.3 is 6.09 Å². The van der Waals surface area contributed by atoms with Crippen LogP contribution in [0, 0.1) is 5.92 Å². The van der Waals surface area contributed by atoms with Crippen LogP contribution < -0.4 is 10.6 Å².